The summed E-state index contributed by atoms with van der Waals surface area (Å²) in [7, 11) is 0. The van der Waals surface area contributed by atoms with Gasteiger partial charge in [-0.2, -0.15) is 0 Å². The van der Waals surface area contributed by atoms with Crippen molar-refractivity contribution in [2.75, 3.05) is 0 Å². The Morgan fingerprint density at radius 3 is 2.72 bits per heavy atom. The minimum Gasteiger partial charge on any atom is -0.368 e. The lowest BCUT2D eigenvalue weighted by Gasteiger charge is -2.35. The van der Waals surface area contributed by atoms with E-state index in [4.69, 9.17) is 5.73 Å². The summed E-state index contributed by atoms with van der Waals surface area (Å²) in [6.45, 7) is 3.88. The Morgan fingerprint density at radius 1 is 1.24 bits per heavy atom. The molecule has 1 aliphatic carbocycles. The van der Waals surface area contributed by atoms with Gasteiger partial charge < -0.3 is 10.6 Å². The molecule has 2 heterocycles. The summed E-state index contributed by atoms with van der Waals surface area (Å²) < 4.78 is 0. The van der Waals surface area contributed by atoms with Crippen LogP contribution < -0.4 is 5.73 Å². The van der Waals surface area contributed by atoms with Crippen LogP contribution in [0.1, 0.15) is 56.1 Å². The zero-order valence-electron chi connectivity index (χ0n) is 16.3. The summed E-state index contributed by atoms with van der Waals surface area (Å²) in [5.41, 5.74) is 12.3. The van der Waals surface area contributed by atoms with Gasteiger partial charge in [-0.15, -0.1) is 11.3 Å². The highest BCUT2D eigenvalue weighted by Crippen LogP contribution is 2.42. The smallest absolute Gasteiger partial charge is 0.267 e. The number of aryl methyl sites for hydroxylation is 2. The minimum absolute atomic E-state index is 0.225. The molecule has 0 bridgehead atoms. The highest BCUT2D eigenvalue weighted by atomic mass is 32.1. The van der Waals surface area contributed by atoms with Crippen molar-refractivity contribution in [3.63, 3.8) is 0 Å². The molecule has 29 heavy (non-hydrogen) atoms. The maximum absolute atomic E-state index is 13.7. The van der Waals surface area contributed by atoms with Crippen LogP contribution in [0.3, 0.4) is 0 Å². The SMILES string of the molecule is Cc1cccc2c1CC[C@H]2N(C(=O)c1scnc1C)C(C(N)=O)c1cccnc1. The fourth-order valence-corrected chi connectivity index (χ4v) is 4.91. The molecule has 0 radical (unpaired) electrons. The second kappa shape index (κ2) is 7.75. The molecule has 0 saturated carbocycles. The number of pyridine rings is 1. The Balaban J connectivity index is 1.87. The quantitative estimate of drug-likeness (QED) is 0.702. The molecule has 2 aromatic heterocycles. The lowest BCUT2D eigenvalue weighted by atomic mass is 9.98. The number of nitrogens with zero attached hydrogens (tertiary/aromatic N) is 3. The normalized spacial score (nSPS) is 16.3. The van der Waals surface area contributed by atoms with Gasteiger partial charge in [-0.1, -0.05) is 24.3 Å². The summed E-state index contributed by atoms with van der Waals surface area (Å²) in [4.78, 5) is 36.9. The van der Waals surface area contributed by atoms with Gasteiger partial charge in [0.15, 0.2) is 0 Å². The lowest BCUT2D eigenvalue weighted by Crippen LogP contribution is -2.43. The molecule has 3 aromatic rings. The molecule has 148 valence electrons. The summed E-state index contributed by atoms with van der Waals surface area (Å²) in [5.74, 6) is -0.799. The molecule has 1 aromatic carbocycles. The van der Waals surface area contributed by atoms with Crippen LogP contribution in [0.15, 0.2) is 48.2 Å². The Kier molecular flexibility index (Phi) is 5.15. The van der Waals surface area contributed by atoms with Gasteiger partial charge in [-0.25, -0.2) is 4.98 Å². The van der Waals surface area contributed by atoms with Crippen molar-refractivity contribution in [3.8, 4) is 0 Å². The molecule has 4 rings (SSSR count). The van der Waals surface area contributed by atoms with Gasteiger partial charge in [-0.05, 0) is 49.4 Å². The fourth-order valence-electron chi connectivity index (χ4n) is 4.17. The summed E-state index contributed by atoms with van der Waals surface area (Å²) in [6.07, 6.45) is 4.83. The number of primary amides is 1. The number of benzene rings is 1. The van der Waals surface area contributed by atoms with Crippen LogP contribution in [0.5, 0.6) is 0 Å². The number of amides is 2. The average molecular weight is 407 g/mol. The van der Waals surface area contributed by atoms with E-state index in [9.17, 15) is 9.59 Å². The number of hydrogen-bond acceptors (Lipinski definition) is 5. The van der Waals surface area contributed by atoms with Gasteiger partial charge in [0.05, 0.1) is 17.2 Å². The molecular formula is C22H22N4O2S. The highest BCUT2D eigenvalue weighted by Gasteiger charge is 2.40. The molecule has 0 spiro atoms. The first-order valence-electron chi connectivity index (χ1n) is 9.49. The summed E-state index contributed by atoms with van der Waals surface area (Å²) in [5, 5.41) is 0. The molecular weight excluding hydrogens is 384 g/mol. The Labute approximate surface area is 173 Å². The third-order valence-corrected chi connectivity index (χ3v) is 6.45. The van der Waals surface area contributed by atoms with Crippen LogP contribution in [0.2, 0.25) is 0 Å². The number of aromatic nitrogens is 2. The maximum Gasteiger partial charge on any atom is 0.267 e. The molecule has 7 heteroatoms. The van der Waals surface area contributed by atoms with Crippen molar-refractivity contribution >= 4 is 23.2 Å². The van der Waals surface area contributed by atoms with E-state index in [1.165, 1.54) is 22.5 Å². The van der Waals surface area contributed by atoms with Crippen molar-refractivity contribution in [2.45, 2.75) is 38.8 Å². The lowest BCUT2D eigenvalue weighted by molar-refractivity contribution is -0.123. The van der Waals surface area contributed by atoms with E-state index in [0.717, 1.165) is 18.4 Å². The van der Waals surface area contributed by atoms with Crippen molar-refractivity contribution in [1.82, 2.24) is 14.9 Å². The van der Waals surface area contributed by atoms with Crippen LogP contribution in [0.4, 0.5) is 0 Å². The van der Waals surface area contributed by atoms with Gasteiger partial charge in [0.1, 0.15) is 10.9 Å². The first kappa shape index (κ1) is 19.3. The molecule has 1 aliphatic rings. The van der Waals surface area contributed by atoms with E-state index in [0.29, 0.717) is 16.1 Å². The Bertz CT molecular complexity index is 1060. The molecule has 0 fully saturated rings. The molecule has 1 unspecified atom stereocenters. The van der Waals surface area contributed by atoms with Gasteiger partial charge in [0.2, 0.25) is 5.91 Å². The highest BCUT2D eigenvalue weighted by molar-refractivity contribution is 7.11. The zero-order chi connectivity index (χ0) is 20.5. The number of carbonyl (C=O) groups excluding carboxylic acids is 2. The monoisotopic (exact) mass is 406 g/mol. The first-order chi connectivity index (χ1) is 14.0. The second-order valence-corrected chi connectivity index (χ2v) is 8.12. The number of thiazole rings is 1. The fraction of sp³-hybridized carbons (Fsp3) is 0.273. The Hall–Kier alpha value is -3.06. The predicted octanol–water partition coefficient (Wildman–Crippen LogP) is 3.51. The molecule has 2 amide bonds. The topological polar surface area (TPSA) is 89.2 Å². The van der Waals surface area contributed by atoms with E-state index in [-0.39, 0.29) is 11.9 Å². The average Bonchev–Trinajstić information content (AvgIpc) is 3.33. The number of carbonyl (C=O) groups is 2. The van der Waals surface area contributed by atoms with E-state index >= 15 is 0 Å². The summed E-state index contributed by atoms with van der Waals surface area (Å²) >= 11 is 1.28. The van der Waals surface area contributed by atoms with E-state index in [1.54, 1.807) is 41.9 Å². The van der Waals surface area contributed by atoms with Crippen LogP contribution in [0, 0.1) is 13.8 Å². The van der Waals surface area contributed by atoms with Gasteiger partial charge >= 0.3 is 0 Å². The predicted molar refractivity (Wildman–Crippen MR) is 111 cm³/mol. The molecule has 0 aliphatic heterocycles. The van der Waals surface area contributed by atoms with Crippen molar-refractivity contribution in [3.05, 3.63) is 81.1 Å². The van der Waals surface area contributed by atoms with Crippen molar-refractivity contribution in [2.24, 2.45) is 5.73 Å². The van der Waals surface area contributed by atoms with E-state index in [1.807, 2.05) is 12.1 Å². The van der Waals surface area contributed by atoms with Crippen LogP contribution in [-0.2, 0) is 11.2 Å². The van der Waals surface area contributed by atoms with E-state index in [2.05, 4.69) is 23.0 Å². The zero-order valence-corrected chi connectivity index (χ0v) is 17.1. The number of rotatable bonds is 5. The Morgan fingerprint density at radius 2 is 2.07 bits per heavy atom. The molecule has 2 N–H and O–H groups in total. The number of nitrogens with two attached hydrogens (primary N) is 1. The van der Waals surface area contributed by atoms with Gasteiger partial charge in [-0.3, -0.25) is 14.6 Å². The molecule has 0 saturated heterocycles. The van der Waals surface area contributed by atoms with Crippen LogP contribution in [0.25, 0.3) is 0 Å². The van der Waals surface area contributed by atoms with Gasteiger partial charge in [0.25, 0.3) is 5.91 Å². The third-order valence-electron chi connectivity index (χ3n) is 5.53. The maximum atomic E-state index is 13.7. The largest absolute Gasteiger partial charge is 0.368 e. The summed E-state index contributed by atoms with van der Waals surface area (Å²) in [6, 6.07) is 8.50. The van der Waals surface area contributed by atoms with Crippen LogP contribution in [-0.4, -0.2) is 26.7 Å². The van der Waals surface area contributed by atoms with Crippen molar-refractivity contribution < 1.29 is 9.59 Å². The number of hydrogen-bond donors (Lipinski definition) is 1. The van der Waals surface area contributed by atoms with Crippen LogP contribution >= 0.6 is 11.3 Å². The molecule has 2 atom stereocenters. The first-order valence-corrected chi connectivity index (χ1v) is 10.4. The standard InChI is InChI=1S/C22H22N4O2S/c1-13-5-3-7-17-16(13)8-9-18(17)26(22(28)20-14(2)25-12-29-20)19(21(23)27)15-6-4-10-24-11-15/h3-7,10-12,18-19H,8-9H2,1-2H3,(H2,23,27)/t18-,19?/m1/s1. The van der Waals surface area contributed by atoms with Gasteiger partial charge in [0, 0.05) is 18.0 Å². The van der Waals surface area contributed by atoms with Crippen molar-refractivity contribution in [1.29, 1.82) is 0 Å². The molecule has 6 nitrogen and oxygen atoms in total. The second-order valence-electron chi connectivity index (χ2n) is 7.27. The van der Waals surface area contributed by atoms with E-state index < -0.39 is 11.9 Å². The number of fused-ring (bicyclic) bond motifs is 1. The third kappa shape index (κ3) is 3.42. The minimum atomic E-state index is -0.908.